The molecule has 5 rings (SSSR count). The van der Waals surface area contributed by atoms with E-state index in [0.29, 0.717) is 5.02 Å². The summed E-state index contributed by atoms with van der Waals surface area (Å²) in [5, 5.41) is 11.1. The van der Waals surface area contributed by atoms with Crippen molar-refractivity contribution in [2.24, 2.45) is 0 Å². The Balaban J connectivity index is 1.71. The number of nitrogens with zero attached hydrogens (tertiary/aromatic N) is 2. The van der Waals surface area contributed by atoms with Crippen LogP contribution >= 0.6 is 22.9 Å². The molecule has 1 aliphatic heterocycles. The van der Waals surface area contributed by atoms with E-state index in [1.165, 1.54) is 16.8 Å². The van der Waals surface area contributed by atoms with Crippen LogP contribution in [-0.2, 0) is 17.6 Å². The number of fused-ring (bicyclic) bond motifs is 2. The third-order valence-electron chi connectivity index (χ3n) is 5.82. The van der Waals surface area contributed by atoms with Gasteiger partial charge < -0.3 is 10.0 Å². The van der Waals surface area contributed by atoms with Crippen LogP contribution in [0.3, 0.4) is 0 Å². The molecule has 0 bridgehead atoms. The Hall–Kier alpha value is -2.89. The monoisotopic (exact) mass is 448 g/mol. The molecule has 0 unspecified atom stereocenters. The molecule has 0 spiro atoms. The van der Waals surface area contributed by atoms with Gasteiger partial charge in [0.15, 0.2) is 5.13 Å². The van der Waals surface area contributed by atoms with Gasteiger partial charge in [0.2, 0.25) is 0 Å². The minimum Gasteiger partial charge on any atom is -0.481 e. The summed E-state index contributed by atoms with van der Waals surface area (Å²) in [7, 11) is 0. The van der Waals surface area contributed by atoms with E-state index in [-0.39, 0.29) is 6.42 Å². The number of halogens is 1. The summed E-state index contributed by atoms with van der Waals surface area (Å²) in [6.07, 6.45) is 0.971. The smallest absolute Gasteiger partial charge is 0.307 e. The van der Waals surface area contributed by atoms with Gasteiger partial charge in [-0.05, 0) is 66.8 Å². The van der Waals surface area contributed by atoms with Gasteiger partial charge >= 0.3 is 5.97 Å². The number of carbonyl (C=O) groups is 1. The molecule has 0 atom stereocenters. The highest BCUT2D eigenvalue weighted by Crippen LogP contribution is 2.44. The average molecular weight is 449 g/mol. The standard InChI is InChI=1S/C25H21ClN2O2S/c1-14-3-8-21-17(11-14)9-10-28(21)25-27-20-12-15(2)19(13-22(29)30)23(24(20)31-25)16-4-6-18(26)7-5-16/h3-8,11-12H,9-10,13H2,1-2H3,(H,29,30). The SMILES string of the molecule is Cc1ccc2c(c1)CCN2c1nc2cc(C)c(CC(=O)O)c(-c3ccc(Cl)cc3)c2s1. The summed E-state index contributed by atoms with van der Waals surface area (Å²) < 4.78 is 1.01. The molecule has 1 aromatic heterocycles. The van der Waals surface area contributed by atoms with E-state index < -0.39 is 5.97 Å². The van der Waals surface area contributed by atoms with Crippen LogP contribution in [0.1, 0.15) is 22.3 Å². The van der Waals surface area contributed by atoms with Crippen LogP contribution < -0.4 is 4.90 Å². The van der Waals surface area contributed by atoms with Gasteiger partial charge in [0.05, 0.1) is 16.6 Å². The molecule has 4 aromatic rings. The molecule has 1 N–H and O–H groups in total. The first-order valence-corrected chi connectivity index (χ1v) is 11.4. The fourth-order valence-corrected chi connectivity index (χ4v) is 5.67. The Morgan fingerprint density at radius 1 is 1.16 bits per heavy atom. The van der Waals surface area contributed by atoms with Crippen LogP contribution in [0.2, 0.25) is 5.02 Å². The third kappa shape index (κ3) is 3.58. The number of aryl methyl sites for hydroxylation is 2. The molecule has 0 saturated carbocycles. The lowest BCUT2D eigenvalue weighted by Gasteiger charge is -2.15. The van der Waals surface area contributed by atoms with Crippen molar-refractivity contribution in [3.05, 3.63) is 75.8 Å². The number of benzene rings is 3. The van der Waals surface area contributed by atoms with E-state index >= 15 is 0 Å². The second-order valence-electron chi connectivity index (χ2n) is 8.00. The number of hydrogen-bond acceptors (Lipinski definition) is 4. The summed E-state index contributed by atoms with van der Waals surface area (Å²) in [5.74, 6) is -0.841. The molecule has 0 fully saturated rings. The summed E-state index contributed by atoms with van der Waals surface area (Å²) >= 11 is 7.74. The Morgan fingerprint density at radius 3 is 2.68 bits per heavy atom. The molecule has 3 aromatic carbocycles. The summed E-state index contributed by atoms with van der Waals surface area (Å²) in [6, 6.07) is 16.2. The first-order valence-electron chi connectivity index (χ1n) is 10.2. The van der Waals surface area contributed by atoms with E-state index in [9.17, 15) is 9.90 Å². The van der Waals surface area contributed by atoms with Gasteiger partial charge in [0.25, 0.3) is 0 Å². The van der Waals surface area contributed by atoms with Crippen molar-refractivity contribution in [1.82, 2.24) is 4.98 Å². The van der Waals surface area contributed by atoms with Gasteiger partial charge in [-0.2, -0.15) is 0 Å². The topological polar surface area (TPSA) is 53.4 Å². The van der Waals surface area contributed by atoms with Crippen molar-refractivity contribution in [1.29, 1.82) is 0 Å². The average Bonchev–Trinajstić information content (AvgIpc) is 3.32. The minimum atomic E-state index is -0.841. The third-order valence-corrected chi connectivity index (χ3v) is 7.19. The number of carboxylic acid groups (broad SMARTS) is 1. The molecule has 31 heavy (non-hydrogen) atoms. The van der Waals surface area contributed by atoms with Gasteiger partial charge in [0, 0.05) is 22.8 Å². The maximum Gasteiger partial charge on any atom is 0.307 e. The predicted octanol–water partition coefficient (Wildman–Crippen LogP) is 6.55. The predicted molar refractivity (Wildman–Crippen MR) is 128 cm³/mol. The van der Waals surface area contributed by atoms with Gasteiger partial charge in [-0.3, -0.25) is 4.79 Å². The Morgan fingerprint density at radius 2 is 1.94 bits per heavy atom. The summed E-state index contributed by atoms with van der Waals surface area (Å²) in [6.45, 7) is 4.98. The molecule has 0 aliphatic carbocycles. The fraction of sp³-hybridized carbons (Fsp3) is 0.200. The fourth-order valence-electron chi connectivity index (χ4n) is 4.37. The van der Waals surface area contributed by atoms with Crippen LogP contribution in [0.15, 0.2) is 48.5 Å². The van der Waals surface area contributed by atoms with E-state index in [1.54, 1.807) is 11.3 Å². The van der Waals surface area contributed by atoms with Crippen molar-refractivity contribution in [3.8, 4) is 11.1 Å². The van der Waals surface area contributed by atoms with Crippen LogP contribution in [0.25, 0.3) is 21.3 Å². The second-order valence-corrected chi connectivity index (χ2v) is 9.42. The van der Waals surface area contributed by atoms with E-state index in [4.69, 9.17) is 16.6 Å². The highest BCUT2D eigenvalue weighted by Gasteiger charge is 2.25. The second kappa shape index (κ2) is 7.66. The molecule has 1 aliphatic rings. The van der Waals surface area contributed by atoms with Crippen molar-refractivity contribution >= 4 is 49.9 Å². The highest BCUT2D eigenvalue weighted by atomic mass is 35.5. The first-order chi connectivity index (χ1) is 14.9. The molecular weight excluding hydrogens is 428 g/mol. The summed E-state index contributed by atoms with van der Waals surface area (Å²) in [4.78, 5) is 18.9. The number of aromatic nitrogens is 1. The van der Waals surface area contributed by atoms with E-state index in [2.05, 4.69) is 30.0 Å². The molecule has 0 amide bonds. The number of rotatable bonds is 4. The zero-order valence-corrected chi connectivity index (χ0v) is 18.8. The van der Waals surface area contributed by atoms with Crippen LogP contribution in [0, 0.1) is 13.8 Å². The number of anilines is 2. The maximum atomic E-state index is 11.6. The minimum absolute atomic E-state index is 0.0290. The zero-order valence-electron chi connectivity index (χ0n) is 17.3. The Bertz CT molecular complexity index is 1330. The number of aliphatic carboxylic acids is 1. The van der Waals surface area contributed by atoms with E-state index in [1.807, 2.05) is 37.3 Å². The van der Waals surface area contributed by atoms with Gasteiger partial charge in [-0.1, -0.05) is 52.8 Å². The molecular formula is C25H21ClN2O2S. The first kappa shape index (κ1) is 20.0. The van der Waals surface area contributed by atoms with Crippen molar-refractivity contribution in [2.45, 2.75) is 26.7 Å². The van der Waals surface area contributed by atoms with Crippen molar-refractivity contribution in [3.63, 3.8) is 0 Å². The van der Waals surface area contributed by atoms with Gasteiger partial charge in [-0.15, -0.1) is 0 Å². The van der Waals surface area contributed by atoms with Crippen molar-refractivity contribution < 1.29 is 9.90 Å². The molecule has 6 heteroatoms. The number of hydrogen-bond donors (Lipinski definition) is 1. The Labute approximate surface area is 189 Å². The normalized spacial score (nSPS) is 13.1. The number of thiazole rings is 1. The maximum absolute atomic E-state index is 11.6. The quantitative estimate of drug-likeness (QED) is 0.384. The summed E-state index contributed by atoms with van der Waals surface area (Å²) in [5.41, 5.74) is 8.40. The molecule has 156 valence electrons. The number of carboxylic acids is 1. The lowest BCUT2D eigenvalue weighted by Crippen LogP contribution is -2.12. The lowest BCUT2D eigenvalue weighted by atomic mass is 9.93. The van der Waals surface area contributed by atoms with E-state index in [0.717, 1.165) is 50.6 Å². The molecule has 0 saturated heterocycles. The van der Waals surface area contributed by atoms with Gasteiger partial charge in [-0.25, -0.2) is 4.98 Å². The largest absolute Gasteiger partial charge is 0.481 e. The van der Waals surface area contributed by atoms with Crippen molar-refractivity contribution in [2.75, 3.05) is 11.4 Å². The molecule has 0 radical (unpaired) electrons. The lowest BCUT2D eigenvalue weighted by molar-refractivity contribution is -0.136. The Kier molecular flexibility index (Phi) is 4.95. The van der Waals surface area contributed by atoms with Crippen LogP contribution in [0.4, 0.5) is 10.8 Å². The highest BCUT2D eigenvalue weighted by molar-refractivity contribution is 7.22. The van der Waals surface area contributed by atoms with Gasteiger partial charge in [0.1, 0.15) is 0 Å². The molecule has 2 heterocycles. The zero-order chi connectivity index (χ0) is 21.7. The molecule has 4 nitrogen and oxygen atoms in total. The van der Waals surface area contributed by atoms with Crippen LogP contribution in [0.5, 0.6) is 0 Å². The van der Waals surface area contributed by atoms with Crippen LogP contribution in [-0.4, -0.2) is 22.6 Å².